The third-order valence-electron chi connectivity index (χ3n) is 4.29. The zero-order chi connectivity index (χ0) is 20.5. The summed E-state index contributed by atoms with van der Waals surface area (Å²) < 4.78 is 19.4. The standard InChI is InChI=1S/C22H22FN3O3/c23-22-7-2-1-5-18(22)16-29-21-6-3-4-17(14-21)15-24-12-13-25-19-8-10-20(11-9-19)26(27)28/h1-11,14,24-25H,12-13,15-16H2. The number of rotatable bonds is 10. The topological polar surface area (TPSA) is 76.4 Å². The molecule has 0 fully saturated rings. The second-order valence-corrected chi connectivity index (χ2v) is 6.44. The van der Waals surface area contributed by atoms with Crippen molar-refractivity contribution < 1.29 is 14.1 Å². The molecule has 0 amide bonds. The molecule has 0 unspecified atom stereocenters. The Labute approximate surface area is 168 Å². The molecule has 0 spiro atoms. The molecular formula is C22H22FN3O3. The molecule has 0 heterocycles. The Hall–Kier alpha value is -3.45. The van der Waals surface area contributed by atoms with E-state index in [1.165, 1.54) is 18.2 Å². The maximum Gasteiger partial charge on any atom is 0.269 e. The molecule has 0 aromatic heterocycles. The predicted molar refractivity (Wildman–Crippen MR) is 110 cm³/mol. The first-order valence-electron chi connectivity index (χ1n) is 9.26. The van der Waals surface area contributed by atoms with Crippen molar-refractivity contribution in [2.24, 2.45) is 0 Å². The third-order valence-corrected chi connectivity index (χ3v) is 4.29. The zero-order valence-electron chi connectivity index (χ0n) is 15.8. The molecular weight excluding hydrogens is 373 g/mol. The molecule has 150 valence electrons. The normalized spacial score (nSPS) is 10.5. The summed E-state index contributed by atoms with van der Waals surface area (Å²) in [5.74, 6) is 0.419. The molecule has 2 N–H and O–H groups in total. The van der Waals surface area contributed by atoms with E-state index in [1.807, 2.05) is 24.3 Å². The number of hydrogen-bond acceptors (Lipinski definition) is 5. The van der Waals surface area contributed by atoms with Gasteiger partial charge in [-0.3, -0.25) is 10.1 Å². The van der Waals surface area contributed by atoms with Crippen LogP contribution in [-0.2, 0) is 13.2 Å². The second kappa shape index (κ2) is 10.2. The van der Waals surface area contributed by atoms with Gasteiger partial charge < -0.3 is 15.4 Å². The SMILES string of the molecule is O=[N+]([O-])c1ccc(NCCNCc2cccc(OCc3ccccc3F)c2)cc1. The number of nitro benzene ring substituents is 1. The van der Waals surface area contributed by atoms with Gasteiger partial charge in [-0.05, 0) is 35.9 Å². The van der Waals surface area contributed by atoms with Crippen molar-refractivity contribution in [1.82, 2.24) is 5.32 Å². The van der Waals surface area contributed by atoms with E-state index < -0.39 is 4.92 Å². The van der Waals surface area contributed by atoms with E-state index >= 15 is 0 Å². The molecule has 0 bridgehead atoms. The van der Waals surface area contributed by atoms with E-state index in [0.717, 1.165) is 17.8 Å². The highest BCUT2D eigenvalue weighted by molar-refractivity contribution is 5.48. The zero-order valence-corrected chi connectivity index (χ0v) is 15.8. The minimum absolute atomic E-state index is 0.0748. The van der Waals surface area contributed by atoms with Gasteiger partial charge in [-0.1, -0.05) is 30.3 Å². The van der Waals surface area contributed by atoms with Crippen molar-refractivity contribution in [3.63, 3.8) is 0 Å². The number of nitro groups is 1. The average Bonchev–Trinajstić information content (AvgIpc) is 2.73. The first kappa shape index (κ1) is 20.3. The van der Waals surface area contributed by atoms with Crippen LogP contribution < -0.4 is 15.4 Å². The lowest BCUT2D eigenvalue weighted by atomic mass is 10.2. The van der Waals surface area contributed by atoms with Gasteiger partial charge in [-0.15, -0.1) is 0 Å². The monoisotopic (exact) mass is 395 g/mol. The highest BCUT2D eigenvalue weighted by Gasteiger charge is 2.04. The van der Waals surface area contributed by atoms with Crippen LogP contribution in [0.3, 0.4) is 0 Å². The summed E-state index contributed by atoms with van der Waals surface area (Å²) in [5.41, 5.74) is 2.49. The molecule has 0 radical (unpaired) electrons. The second-order valence-electron chi connectivity index (χ2n) is 6.44. The Morgan fingerprint density at radius 3 is 2.52 bits per heavy atom. The third kappa shape index (κ3) is 6.29. The Bertz CT molecular complexity index is 948. The summed E-state index contributed by atoms with van der Waals surface area (Å²) in [6.07, 6.45) is 0. The molecule has 3 rings (SSSR count). The molecule has 0 saturated heterocycles. The number of non-ortho nitro benzene ring substituents is 1. The molecule has 6 nitrogen and oxygen atoms in total. The lowest BCUT2D eigenvalue weighted by Crippen LogP contribution is -2.21. The average molecular weight is 395 g/mol. The van der Waals surface area contributed by atoms with Crippen LogP contribution in [0.5, 0.6) is 5.75 Å². The first-order chi connectivity index (χ1) is 14.1. The lowest BCUT2D eigenvalue weighted by molar-refractivity contribution is -0.384. The maximum absolute atomic E-state index is 13.7. The van der Waals surface area contributed by atoms with Crippen LogP contribution in [0.4, 0.5) is 15.8 Å². The maximum atomic E-state index is 13.7. The predicted octanol–water partition coefficient (Wildman–Crippen LogP) is 4.51. The number of nitrogens with zero attached hydrogens (tertiary/aromatic N) is 1. The molecule has 0 aliphatic heterocycles. The molecule has 7 heteroatoms. The summed E-state index contributed by atoms with van der Waals surface area (Å²) in [7, 11) is 0. The van der Waals surface area contributed by atoms with Gasteiger partial charge in [0, 0.05) is 43.0 Å². The van der Waals surface area contributed by atoms with Crippen LogP contribution >= 0.6 is 0 Å². The lowest BCUT2D eigenvalue weighted by Gasteiger charge is -2.10. The van der Waals surface area contributed by atoms with E-state index in [2.05, 4.69) is 10.6 Å². The summed E-state index contributed by atoms with van der Waals surface area (Å²) >= 11 is 0. The van der Waals surface area contributed by atoms with Gasteiger partial charge in [-0.25, -0.2) is 4.39 Å². The van der Waals surface area contributed by atoms with Crippen LogP contribution in [0.2, 0.25) is 0 Å². The Morgan fingerprint density at radius 2 is 1.76 bits per heavy atom. The molecule has 3 aromatic rings. The van der Waals surface area contributed by atoms with Crippen molar-refractivity contribution in [3.05, 3.63) is 99.9 Å². The molecule has 3 aromatic carbocycles. The smallest absolute Gasteiger partial charge is 0.269 e. The van der Waals surface area contributed by atoms with E-state index in [1.54, 1.807) is 30.3 Å². The quantitative estimate of drug-likeness (QED) is 0.300. The van der Waals surface area contributed by atoms with Crippen LogP contribution in [0.25, 0.3) is 0 Å². The molecule has 0 aliphatic carbocycles. The van der Waals surface area contributed by atoms with Crippen molar-refractivity contribution in [1.29, 1.82) is 0 Å². The summed E-state index contributed by atoms with van der Waals surface area (Å²) in [6, 6.07) is 20.6. The summed E-state index contributed by atoms with van der Waals surface area (Å²) in [5, 5.41) is 17.2. The number of anilines is 1. The van der Waals surface area contributed by atoms with Gasteiger partial charge in [0.15, 0.2) is 0 Å². The van der Waals surface area contributed by atoms with Gasteiger partial charge in [0.1, 0.15) is 18.2 Å². The van der Waals surface area contributed by atoms with Crippen molar-refractivity contribution in [3.8, 4) is 5.75 Å². The highest BCUT2D eigenvalue weighted by Crippen LogP contribution is 2.17. The number of ether oxygens (including phenoxy) is 1. The fraction of sp³-hybridized carbons (Fsp3) is 0.182. The Kier molecular flexibility index (Phi) is 7.13. The largest absolute Gasteiger partial charge is 0.489 e. The summed E-state index contributed by atoms with van der Waals surface area (Å²) in [4.78, 5) is 10.2. The molecule has 29 heavy (non-hydrogen) atoms. The Balaban J connectivity index is 1.40. The Morgan fingerprint density at radius 1 is 0.966 bits per heavy atom. The number of benzene rings is 3. The highest BCUT2D eigenvalue weighted by atomic mass is 19.1. The molecule has 0 atom stereocenters. The van der Waals surface area contributed by atoms with Gasteiger partial charge >= 0.3 is 0 Å². The number of halogens is 1. The first-order valence-corrected chi connectivity index (χ1v) is 9.26. The fourth-order valence-electron chi connectivity index (χ4n) is 2.75. The number of hydrogen-bond donors (Lipinski definition) is 2. The van der Waals surface area contributed by atoms with Crippen molar-refractivity contribution in [2.45, 2.75) is 13.2 Å². The van der Waals surface area contributed by atoms with E-state index in [-0.39, 0.29) is 18.1 Å². The number of nitrogens with one attached hydrogen (secondary N) is 2. The summed E-state index contributed by atoms with van der Waals surface area (Å²) in [6.45, 7) is 2.25. The van der Waals surface area contributed by atoms with E-state index in [4.69, 9.17) is 4.74 Å². The van der Waals surface area contributed by atoms with Crippen LogP contribution in [0.15, 0.2) is 72.8 Å². The van der Waals surface area contributed by atoms with E-state index in [9.17, 15) is 14.5 Å². The van der Waals surface area contributed by atoms with E-state index in [0.29, 0.717) is 24.4 Å². The molecule has 0 aliphatic rings. The fourth-order valence-corrected chi connectivity index (χ4v) is 2.75. The minimum Gasteiger partial charge on any atom is -0.489 e. The van der Waals surface area contributed by atoms with Gasteiger partial charge in [0.2, 0.25) is 0 Å². The van der Waals surface area contributed by atoms with Crippen LogP contribution in [0.1, 0.15) is 11.1 Å². The van der Waals surface area contributed by atoms with Gasteiger partial charge in [-0.2, -0.15) is 0 Å². The van der Waals surface area contributed by atoms with Crippen LogP contribution in [-0.4, -0.2) is 18.0 Å². The van der Waals surface area contributed by atoms with Gasteiger partial charge in [0.25, 0.3) is 5.69 Å². The van der Waals surface area contributed by atoms with Crippen molar-refractivity contribution >= 4 is 11.4 Å². The van der Waals surface area contributed by atoms with Gasteiger partial charge in [0.05, 0.1) is 4.92 Å². The minimum atomic E-state index is -0.417. The molecule has 0 saturated carbocycles. The van der Waals surface area contributed by atoms with Crippen molar-refractivity contribution in [2.75, 3.05) is 18.4 Å². The van der Waals surface area contributed by atoms with Crippen LogP contribution in [0, 0.1) is 15.9 Å².